The maximum atomic E-state index is 5.80. The fraction of sp³-hybridized carbons (Fsp3) is 0.500. The van der Waals surface area contributed by atoms with Crippen LogP contribution >= 0.6 is 11.6 Å². The average Bonchev–Trinajstić information content (AvgIpc) is 2.47. The van der Waals surface area contributed by atoms with Gasteiger partial charge in [-0.1, -0.05) is 11.6 Å². The van der Waals surface area contributed by atoms with Crippen molar-refractivity contribution in [3.63, 3.8) is 0 Å². The van der Waals surface area contributed by atoms with Gasteiger partial charge in [-0.25, -0.2) is 0 Å². The molecule has 1 aromatic carbocycles. The lowest BCUT2D eigenvalue weighted by molar-refractivity contribution is 0.195. The molecule has 1 aromatic rings. The lowest BCUT2D eigenvalue weighted by Gasteiger charge is -2.12. The van der Waals surface area contributed by atoms with Gasteiger partial charge in [-0.2, -0.15) is 0 Å². The predicted octanol–water partition coefficient (Wildman–Crippen LogP) is 1.92. The normalized spacial score (nSPS) is 11.2. The van der Waals surface area contributed by atoms with Crippen LogP contribution in [0.3, 0.4) is 0 Å². The SMILES string of the molecule is CN=C(NCCCOC)NCCOc1ccc(Cl)cc1. The maximum Gasteiger partial charge on any atom is 0.191 e. The first-order chi connectivity index (χ1) is 9.76. The van der Waals surface area contributed by atoms with E-state index in [1.165, 1.54) is 0 Å². The van der Waals surface area contributed by atoms with E-state index in [0.717, 1.165) is 31.3 Å². The van der Waals surface area contributed by atoms with Crippen molar-refractivity contribution in [1.82, 2.24) is 10.6 Å². The van der Waals surface area contributed by atoms with Crippen molar-refractivity contribution < 1.29 is 9.47 Å². The standard InChI is InChI=1S/C14H22ClN3O2/c1-16-14(17-8-3-10-19-2)18-9-11-20-13-6-4-12(15)5-7-13/h4-7H,3,8-11H2,1-2H3,(H2,16,17,18). The number of methoxy groups -OCH3 is 1. The summed E-state index contributed by atoms with van der Waals surface area (Å²) >= 11 is 5.80. The summed E-state index contributed by atoms with van der Waals surface area (Å²) in [6, 6.07) is 7.31. The van der Waals surface area contributed by atoms with E-state index < -0.39 is 0 Å². The largest absolute Gasteiger partial charge is 0.492 e. The Hall–Kier alpha value is -1.46. The van der Waals surface area contributed by atoms with Crippen molar-refractivity contribution >= 4 is 17.6 Å². The summed E-state index contributed by atoms with van der Waals surface area (Å²) in [5.74, 6) is 1.57. The molecular formula is C14H22ClN3O2. The number of hydrogen-bond donors (Lipinski definition) is 2. The number of ether oxygens (including phenoxy) is 2. The average molecular weight is 300 g/mol. The highest BCUT2D eigenvalue weighted by Gasteiger charge is 1.97. The van der Waals surface area contributed by atoms with Crippen LogP contribution in [-0.2, 0) is 4.74 Å². The van der Waals surface area contributed by atoms with E-state index in [0.29, 0.717) is 18.2 Å². The van der Waals surface area contributed by atoms with Crippen LogP contribution in [0.25, 0.3) is 0 Å². The third-order valence-electron chi connectivity index (χ3n) is 2.52. The molecular weight excluding hydrogens is 278 g/mol. The van der Waals surface area contributed by atoms with Gasteiger partial charge in [0.25, 0.3) is 0 Å². The smallest absolute Gasteiger partial charge is 0.191 e. The molecule has 0 heterocycles. The topological polar surface area (TPSA) is 54.9 Å². The summed E-state index contributed by atoms with van der Waals surface area (Å²) in [6.07, 6.45) is 0.943. The number of benzene rings is 1. The molecule has 0 saturated heterocycles. The Morgan fingerprint density at radius 1 is 1.15 bits per heavy atom. The van der Waals surface area contributed by atoms with Crippen molar-refractivity contribution in [3.05, 3.63) is 29.3 Å². The fourth-order valence-corrected chi connectivity index (χ4v) is 1.64. The maximum absolute atomic E-state index is 5.80. The van der Waals surface area contributed by atoms with Crippen LogP contribution in [0.15, 0.2) is 29.3 Å². The van der Waals surface area contributed by atoms with E-state index in [1.807, 2.05) is 12.1 Å². The Kier molecular flexibility index (Phi) is 8.58. The number of hydrogen-bond acceptors (Lipinski definition) is 3. The molecule has 0 fully saturated rings. The number of guanidine groups is 1. The summed E-state index contributed by atoms with van der Waals surface area (Å²) in [6.45, 7) is 2.79. The zero-order valence-corrected chi connectivity index (χ0v) is 12.7. The zero-order valence-electron chi connectivity index (χ0n) is 12.0. The summed E-state index contributed by atoms with van der Waals surface area (Å²) in [7, 11) is 3.44. The van der Waals surface area contributed by atoms with Crippen LogP contribution in [0, 0.1) is 0 Å². The van der Waals surface area contributed by atoms with Crippen molar-refractivity contribution in [2.75, 3.05) is 40.5 Å². The van der Waals surface area contributed by atoms with Crippen LogP contribution in [0.2, 0.25) is 5.02 Å². The molecule has 0 atom stereocenters. The second kappa shape index (κ2) is 10.3. The van der Waals surface area contributed by atoms with E-state index in [1.54, 1.807) is 26.3 Å². The molecule has 6 heteroatoms. The Morgan fingerprint density at radius 2 is 1.85 bits per heavy atom. The van der Waals surface area contributed by atoms with Crippen molar-refractivity contribution in [3.8, 4) is 5.75 Å². The molecule has 0 saturated carbocycles. The highest BCUT2D eigenvalue weighted by Crippen LogP contribution is 2.14. The van der Waals surface area contributed by atoms with Gasteiger partial charge in [0.2, 0.25) is 0 Å². The van der Waals surface area contributed by atoms with Gasteiger partial charge in [-0.05, 0) is 30.7 Å². The number of nitrogens with one attached hydrogen (secondary N) is 2. The Bertz CT molecular complexity index is 396. The first-order valence-electron chi connectivity index (χ1n) is 6.58. The Balaban J connectivity index is 2.13. The second-order valence-corrected chi connectivity index (χ2v) is 4.51. The minimum atomic E-state index is 0.556. The van der Waals surface area contributed by atoms with Crippen LogP contribution in [0.1, 0.15) is 6.42 Å². The Morgan fingerprint density at radius 3 is 2.50 bits per heavy atom. The molecule has 0 amide bonds. The monoisotopic (exact) mass is 299 g/mol. The van der Waals surface area contributed by atoms with Crippen LogP contribution in [0.4, 0.5) is 0 Å². The van der Waals surface area contributed by atoms with Gasteiger partial charge in [0.1, 0.15) is 12.4 Å². The van der Waals surface area contributed by atoms with Crippen LogP contribution in [0.5, 0.6) is 5.75 Å². The molecule has 0 aliphatic rings. The first kappa shape index (κ1) is 16.6. The first-order valence-corrected chi connectivity index (χ1v) is 6.96. The third-order valence-corrected chi connectivity index (χ3v) is 2.77. The highest BCUT2D eigenvalue weighted by molar-refractivity contribution is 6.30. The lowest BCUT2D eigenvalue weighted by Crippen LogP contribution is -2.39. The Labute approximate surface area is 125 Å². The number of nitrogens with zero attached hydrogens (tertiary/aromatic N) is 1. The minimum Gasteiger partial charge on any atom is -0.492 e. The quantitative estimate of drug-likeness (QED) is 0.437. The summed E-state index contributed by atoms with van der Waals surface area (Å²) in [5.41, 5.74) is 0. The van der Waals surface area contributed by atoms with E-state index in [-0.39, 0.29) is 0 Å². The molecule has 2 N–H and O–H groups in total. The molecule has 0 aromatic heterocycles. The molecule has 1 rings (SSSR count). The number of aliphatic imine (C=N–C) groups is 1. The van der Waals surface area contributed by atoms with Gasteiger partial charge >= 0.3 is 0 Å². The number of halogens is 1. The van der Waals surface area contributed by atoms with Crippen molar-refractivity contribution in [2.24, 2.45) is 4.99 Å². The zero-order chi connectivity index (χ0) is 14.6. The molecule has 5 nitrogen and oxygen atoms in total. The second-order valence-electron chi connectivity index (χ2n) is 4.07. The molecule has 20 heavy (non-hydrogen) atoms. The molecule has 0 aliphatic heterocycles. The predicted molar refractivity (Wildman–Crippen MR) is 82.8 cm³/mol. The van der Waals surface area contributed by atoms with Gasteiger partial charge in [-0.15, -0.1) is 0 Å². The van der Waals surface area contributed by atoms with Gasteiger partial charge in [-0.3, -0.25) is 4.99 Å². The van der Waals surface area contributed by atoms with Gasteiger partial charge in [0, 0.05) is 32.3 Å². The van der Waals surface area contributed by atoms with Crippen LogP contribution in [-0.4, -0.2) is 46.4 Å². The summed E-state index contributed by atoms with van der Waals surface area (Å²) < 4.78 is 10.6. The van der Waals surface area contributed by atoms with Crippen molar-refractivity contribution in [1.29, 1.82) is 0 Å². The summed E-state index contributed by atoms with van der Waals surface area (Å²) in [4.78, 5) is 4.12. The molecule has 0 bridgehead atoms. The lowest BCUT2D eigenvalue weighted by atomic mass is 10.3. The number of rotatable bonds is 8. The van der Waals surface area contributed by atoms with E-state index >= 15 is 0 Å². The van der Waals surface area contributed by atoms with Gasteiger partial charge in [0.15, 0.2) is 5.96 Å². The molecule has 0 spiro atoms. The summed E-state index contributed by atoms with van der Waals surface area (Å²) in [5, 5.41) is 7.08. The third kappa shape index (κ3) is 7.21. The minimum absolute atomic E-state index is 0.556. The van der Waals surface area contributed by atoms with Crippen LogP contribution < -0.4 is 15.4 Å². The molecule has 0 radical (unpaired) electrons. The van der Waals surface area contributed by atoms with Gasteiger partial charge < -0.3 is 20.1 Å². The molecule has 0 aliphatic carbocycles. The molecule has 0 unspecified atom stereocenters. The highest BCUT2D eigenvalue weighted by atomic mass is 35.5. The fourth-order valence-electron chi connectivity index (χ4n) is 1.51. The molecule has 112 valence electrons. The van der Waals surface area contributed by atoms with E-state index in [9.17, 15) is 0 Å². The van der Waals surface area contributed by atoms with E-state index in [4.69, 9.17) is 21.1 Å². The van der Waals surface area contributed by atoms with Gasteiger partial charge in [0.05, 0.1) is 6.54 Å². The van der Waals surface area contributed by atoms with Crippen molar-refractivity contribution in [2.45, 2.75) is 6.42 Å². The van der Waals surface area contributed by atoms with E-state index in [2.05, 4.69) is 15.6 Å².